The minimum Gasteiger partial charge on any atom is -0.493 e. The van der Waals surface area contributed by atoms with Gasteiger partial charge in [-0.2, -0.15) is 0 Å². The van der Waals surface area contributed by atoms with E-state index in [0.717, 1.165) is 38.5 Å². The molecule has 2 fully saturated rings. The topological polar surface area (TPSA) is 93.2 Å². The predicted molar refractivity (Wildman–Crippen MR) is 143 cm³/mol. The molecular formula is C28H39N3O7. The molecule has 0 unspecified atom stereocenters. The summed E-state index contributed by atoms with van der Waals surface area (Å²) >= 11 is 0. The van der Waals surface area contributed by atoms with Gasteiger partial charge in [0.1, 0.15) is 18.5 Å². The molecule has 0 saturated carbocycles. The summed E-state index contributed by atoms with van der Waals surface area (Å²) < 4.78 is 27.9. The number of β-amino-alcohol motifs (C(OH)–C–C–N with tert-alkyl or cyclic N) is 1. The van der Waals surface area contributed by atoms with Crippen LogP contribution in [0.25, 0.3) is 0 Å². The molecule has 10 nitrogen and oxygen atoms in total. The van der Waals surface area contributed by atoms with Gasteiger partial charge in [-0.05, 0) is 24.3 Å². The predicted octanol–water partition coefficient (Wildman–Crippen LogP) is 1.61. The number of methoxy groups -OCH3 is 3. The number of piperazine rings is 1. The summed E-state index contributed by atoms with van der Waals surface area (Å²) in [4.78, 5) is 19.6. The molecule has 2 aromatic carbocycles. The van der Waals surface area contributed by atoms with Gasteiger partial charge < -0.3 is 33.7 Å². The number of benzene rings is 2. The molecule has 0 bridgehead atoms. The van der Waals surface area contributed by atoms with Crippen LogP contribution in [0.4, 0.5) is 0 Å². The molecule has 0 aliphatic carbocycles. The molecule has 0 aromatic heterocycles. The largest absolute Gasteiger partial charge is 0.493 e. The molecular weight excluding hydrogens is 490 g/mol. The Morgan fingerprint density at radius 2 is 1.66 bits per heavy atom. The quantitative estimate of drug-likeness (QED) is 0.466. The Bertz CT molecular complexity index is 1010. The van der Waals surface area contributed by atoms with E-state index in [-0.39, 0.29) is 18.6 Å². The molecule has 2 atom stereocenters. The molecule has 1 amide bonds. The highest BCUT2D eigenvalue weighted by molar-refractivity contribution is 5.95. The molecule has 0 radical (unpaired) electrons. The SMILES string of the molecule is COc1cc(C(=O)N2CCN(C[C@@H]3CN(C[C@@H](O)COc4ccccc4)CCO3)CC2)cc(OC)c1OC. The summed E-state index contributed by atoms with van der Waals surface area (Å²) in [6, 6.07) is 12.9. The lowest BCUT2D eigenvalue weighted by atomic mass is 10.1. The third kappa shape index (κ3) is 7.28. The molecule has 10 heteroatoms. The minimum atomic E-state index is -0.571. The maximum atomic E-state index is 13.2. The Balaban J connectivity index is 1.23. The first-order chi connectivity index (χ1) is 18.5. The van der Waals surface area contributed by atoms with Crippen molar-refractivity contribution in [2.45, 2.75) is 12.2 Å². The molecule has 0 spiro atoms. The van der Waals surface area contributed by atoms with Crippen LogP contribution in [-0.4, -0.2) is 125 Å². The van der Waals surface area contributed by atoms with Gasteiger partial charge in [-0.3, -0.25) is 14.6 Å². The fourth-order valence-corrected chi connectivity index (χ4v) is 4.93. The van der Waals surface area contributed by atoms with Gasteiger partial charge in [0.15, 0.2) is 11.5 Å². The standard InChI is InChI=1S/C28H39N3O7/c1-34-25-15-21(16-26(35-2)27(25)36-3)28(33)31-11-9-29(10-12-31)18-24-19-30(13-14-37-24)17-22(32)20-38-23-7-5-4-6-8-23/h4-8,15-16,22,24,32H,9-14,17-20H2,1-3H3/t22-,24-/m1/s1. The summed E-state index contributed by atoms with van der Waals surface area (Å²) in [6.45, 7) is 6.56. The molecule has 38 heavy (non-hydrogen) atoms. The average molecular weight is 530 g/mol. The molecule has 2 aliphatic heterocycles. The van der Waals surface area contributed by atoms with Gasteiger partial charge in [-0.25, -0.2) is 0 Å². The maximum absolute atomic E-state index is 13.2. The monoisotopic (exact) mass is 529 g/mol. The molecule has 2 saturated heterocycles. The summed E-state index contributed by atoms with van der Waals surface area (Å²) in [6.07, 6.45) is -0.512. The molecule has 2 aliphatic rings. The van der Waals surface area contributed by atoms with E-state index in [1.807, 2.05) is 35.2 Å². The first-order valence-electron chi connectivity index (χ1n) is 13.0. The zero-order valence-electron chi connectivity index (χ0n) is 22.5. The van der Waals surface area contributed by atoms with Crippen LogP contribution in [0.1, 0.15) is 10.4 Å². The van der Waals surface area contributed by atoms with Gasteiger partial charge in [0.2, 0.25) is 5.75 Å². The van der Waals surface area contributed by atoms with Crippen LogP contribution in [0.5, 0.6) is 23.0 Å². The number of nitrogens with zero attached hydrogens (tertiary/aromatic N) is 3. The number of hydrogen-bond donors (Lipinski definition) is 1. The van der Waals surface area contributed by atoms with Crippen molar-refractivity contribution >= 4 is 5.91 Å². The minimum absolute atomic E-state index is 0.0587. The van der Waals surface area contributed by atoms with E-state index in [9.17, 15) is 9.90 Å². The number of carbonyl (C=O) groups is 1. The van der Waals surface area contributed by atoms with Crippen LogP contribution in [0.3, 0.4) is 0 Å². The van der Waals surface area contributed by atoms with Gasteiger partial charge >= 0.3 is 0 Å². The first-order valence-corrected chi connectivity index (χ1v) is 13.0. The van der Waals surface area contributed by atoms with E-state index >= 15 is 0 Å². The highest BCUT2D eigenvalue weighted by Crippen LogP contribution is 2.38. The van der Waals surface area contributed by atoms with Crippen LogP contribution in [0.2, 0.25) is 0 Å². The number of aliphatic hydroxyl groups is 1. The van der Waals surface area contributed by atoms with Crippen molar-refractivity contribution in [2.75, 3.05) is 86.9 Å². The van der Waals surface area contributed by atoms with Crippen molar-refractivity contribution in [3.05, 3.63) is 48.0 Å². The molecule has 4 rings (SSSR count). The third-order valence-electron chi connectivity index (χ3n) is 6.91. The Hall–Kier alpha value is -3.05. The van der Waals surface area contributed by atoms with Crippen LogP contribution in [0.15, 0.2) is 42.5 Å². The van der Waals surface area contributed by atoms with Crippen molar-refractivity contribution in [2.24, 2.45) is 0 Å². The summed E-state index contributed by atoms with van der Waals surface area (Å²) in [5.74, 6) is 2.09. The van der Waals surface area contributed by atoms with Crippen molar-refractivity contribution < 1.29 is 33.6 Å². The summed E-state index contributed by atoms with van der Waals surface area (Å²) in [7, 11) is 4.62. The lowest BCUT2D eigenvalue weighted by Gasteiger charge is -2.39. The summed E-state index contributed by atoms with van der Waals surface area (Å²) in [5, 5.41) is 10.5. The van der Waals surface area contributed by atoms with Crippen molar-refractivity contribution in [1.82, 2.24) is 14.7 Å². The maximum Gasteiger partial charge on any atom is 0.254 e. The van der Waals surface area contributed by atoms with E-state index in [2.05, 4.69) is 9.80 Å². The Morgan fingerprint density at radius 3 is 2.29 bits per heavy atom. The van der Waals surface area contributed by atoms with E-state index in [1.165, 1.54) is 14.2 Å². The van der Waals surface area contributed by atoms with E-state index in [4.69, 9.17) is 23.7 Å². The Kier molecular flexibility index (Phi) is 10.1. The molecule has 1 N–H and O–H groups in total. The van der Waals surface area contributed by atoms with Crippen LogP contribution in [-0.2, 0) is 4.74 Å². The van der Waals surface area contributed by atoms with Crippen molar-refractivity contribution in [1.29, 1.82) is 0 Å². The van der Waals surface area contributed by atoms with E-state index in [1.54, 1.807) is 19.2 Å². The van der Waals surface area contributed by atoms with E-state index < -0.39 is 6.10 Å². The number of carbonyl (C=O) groups excluding carboxylic acids is 1. The van der Waals surface area contributed by atoms with Gasteiger partial charge in [0.05, 0.1) is 34.0 Å². The molecule has 2 aromatic rings. The van der Waals surface area contributed by atoms with Crippen molar-refractivity contribution in [3.8, 4) is 23.0 Å². The van der Waals surface area contributed by atoms with Gasteiger partial charge in [-0.15, -0.1) is 0 Å². The average Bonchev–Trinajstić information content (AvgIpc) is 2.96. The Morgan fingerprint density at radius 1 is 0.974 bits per heavy atom. The zero-order chi connectivity index (χ0) is 26.9. The first kappa shape index (κ1) is 28.0. The van der Waals surface area contributed by atoms with Crippen LogP contribution in [0, 0.1) is 0 Å². The number of rotatable bonds is 11. The summed E-state index contributed by atoms with van der Waals surface area (Å²) in [5.41, 5.74) is 0.508. The molecule has 208 valence electrons. The number of para-hydroxylation sites is 1. The molecule has 2 heterocycles. The van der Waals surface area contributed by atoms with E-state index in [0.29, 0.717) is 49.1 Å². The highest BCUT2D eigenvalue weighted by Gasteiger charge is 2.28. The van der Waals surface area contributed by atoms with Crippen LogP contribution >= 0.6 is 0 Å². The fraction of sp³-hybridized carbons (Fsp3) is 0.536. The van der Waals surface area contributed by atoms with Crippen molar-refractivity contribution in [3.63, 3.8) is 0 Å². The lowest BCUT2D eigenvalue weighted by molar-refractivity contribution is -0.0591. The smallest absolute Gasteiger partial charge is 0.254 e. The zero-order valence-corrected chi connectivity index (χ0v) is 22.5. The lowest BCUT2D eigenvalue weighted by Crippen LogP contribution is -2.54. The number of amides is 1. The Labute approximate surface area is 224 Å². The second-order valence-corrected chi connectivity index (χ2v) is 9.54. The highest BCUT2D eigenvalue weighted by atomic mass is 16.5. The number of hydrogen-bond acceptors (Lipinski definition) is 9. The second kappa shape index (κ2) is 13.7. The third-order valence-corrected chi connectivity index (χ3v) is 6.91. The number of ether oxygens (including phenoxy) is 5. The number of aliphatic hydroxyl groups excluding tert-OH is 1. The van der Waals surface area contributed by atoms with Gasteiger partial charge in [0.25, 0.3) is 5.91 Å². The van der Waals surface area contributed by atoms with Gasteiger partial charge in [-0.1, -0.05) is 18.2 Å². The second-order valence-electron chi connectivity index (χ2n) is 9.54. The number of morpholine rings is 1. The normalized spacial score (nSPS) is 19.6. The van der Waals surface area contributed by atoms with Crippen LogP contribution < -0.4 is 18.9 Å². The van der Waals surface area contributed by atoms with Gasteiger partial charge in [0, 0.05) is 57.9 Å². The fourth-order valence-electron chi connectivity index (χ4n) is 4.93.